The molecule has 0 N–H and O–H groups in total. The Morgan fingerprint density at radius 3 is 2.33 bits per heavy atom. The van der Waals surface area contributed by atoms with E-state index in [4.69, 9.17) is 0 Å². The van der Waals surface area contributed by atoms with Gasteiger partial charge in [0.05, 0.1) is 0 Å². The highest BCUT2D eigenvalue weighted by atomic mass is 15.1. The molecule has 0 heterocycles. The normalized spacial score (nSPS) is 10.0. The Hall–Kier alpha value is -1.76. The van der Waals surface area contributed by atoms with Gasteiger partial charge in [-0.15, -0.1) is 0 Å². The maximum absolute atomic E-state index is 3.25. The molecule has 0 unspecified atom stereocenters. The van der Waals surface area contributed by atoms with Crippen molar-refractivity contribution in [3.05, 3.63) is 54.6 Å². The van der Waals surface area contributed by atoms with Crippen molar-refractivity contribution in [1.82, 2.24) is 0 Å². The van der Waals surface area contributed by atoms with Gasteiger partial charge in [-0.25, -0.2) is 0 Å². The molecule has 75 valence electrons. The summed E-state index contributed by atoms with van der Waals surface area (Å²) >= 11 is 0. The van der Waals surface area contributed by atoms with Crippen molar-refractivity contribution in [2.75, 3.05) is 19.0 Å². The number of hydrogen-bond acceptors (Lipinski definition) is 1. The lowest BCUT2D eigenvalue weighted by Gasteiger charge is -2.17. The van der Waals surface area contributed by atoms with E-state index in [2.05, 4.69) is 55.4 Å². The molecule has 1 heteroatoms. The van der Waals surface area contributed by atoms with Crippen LogP contribution in [0.4, 0.5) is 5.69 Å². The molecule has 0 bridgehead atoms. The van der Waals surface area contributed by atoms with Crippen LogP contribution in [-0.2, 0) is 0 Å². The third-order valence-electron chi connectivity index (χ3n) is 2.39. The lowest BCUT2D eigenvalue weighted by Crippen LogP contribution is -2.09. The third kappa shape index (κ3) is 2.01. The Morgan fingerprint density at radius 1 is 0.933 bits per heavy atom. The summed E-state index contributed by atoms with van der Waals surface area (Å²) < 4.78 is 0. The first kappa shape index (κ1) is 9.78. The first-order valence-electron chi connectivity index (χ1n) is 5.02. The van der Waals surface area contributed by atoms with Gasteiger partial charge in [0, 0.05) is 25.3 Å². The van der Waals surface area contributed by atoms with E-state index in [0.717, 1.165) is 5.56 Å². The van der Waals surface area contributed by atoms with E-state index >= 15 is 0 Å². The zero-order valence-corrected chi connectivity index (χ0v) is 9.07. The van der Waals surface area contributed by atoms with Crippen molar-refractivity contribution in [2.45, 2.75) is 0 Å². The van der Waals surface area contributed by atoms with Gasteiger partial charge in [0.2, 0.25) is 0 Å². The minimum Gasteiger partial charge on any atom is -0.377 e. The summed E-state index contributed by atoms with van der Waals surface area (Å²) in [6.45, 7) is 0. The van der Waals surface area contributed by atoms with Crippen LogP contribution in [0.1, 0.15) is 0 Å². The fraction of sp³-hybridized carbons (Fsp3) is 0.143. The summed E-state index contributed by atoms with van der Waals surface area (Å²) in [5.41, 5.74) is 3.59. The topological polar surface area (TPSA) is 3.24 Å². The Balaban J connectivity index is 2.53. The molecule has 1 radical (unpaired) electrons. The maximum Gasteiger partial charge on any atom is 0.0440 e. The number of nitrogens with zero attached hydrogens (tertiary/aromatic N) is 1. The first-order chi connectivity index (χ1) is 7.29. The van der Waals surface area contributed by atoms with Gasteiger partial charge in [0.1, 0.15) is 0 Å². The molecule has 0 atom stereocenters. The first-order valence-corrected chi connectivity index (χ1v) is 5.02. The summed E-state index contributed by atoms with van der Waals surface area (Å²) in [6.07, 6.45) is 0. The maximum atomic E-state index is 3.25. The second-order valence-corrected chi connectivity index (χ2v) is 3.69. The van der Waals surface area contributed by atoms with Gasteiger partial charge in [-0.2, -0.15) is 0 Å². The standard InChI is InChI=1S/C14H14N/c1-15(2)14-11-7-6-10-13(14)12-8-4-3-5-9-12/h3-8,10-11H,1-2H3. The summed E-state index contributed by atoms with van der Waals surface area (Å²) in [7, 11) is 4.11. The molecular formula is C14H14N. The predicted octanol–water partition coefficient (Wildman–Crippen LogP) is 3.22. The van der Waals surface area contributed by atoms with E-state index in [9.17, 15) is 0 Å². The van der Waals surface area contributed by atoms with E-state index in [1.165, 1.54) is 11.3 Å². The van der Waals surface area contributed by atoms with Crippen LogP contribution in [0.5, 0.6) is 0 Å². The van der Waals surface area contributed by atoms with E-state index < -0.39 is 0 Å². The highest BCUT2D eigenvalue weighted by Crippen LogP contribution is 2.28. The Bertz CT molecular complexity index is 432. The number of hydrogen-bond donors (Lipinski definition) is 0. The van der Waals surface area contributed by atoms with E-state index in [-0.39, 0.29) is 0 Å². The van der Waals surface area contributed by atoms with E-state index in [0.29, 0.717) is 0 Å². The molecule has 0 aromatic heterocycles. The molecule has 0 aliphatic carbocycles. The highest BCUT2D eigenvalue weighted by molar-refractivity contribution is 5.77. The molecule has 0 saturated heterocycles. The molecule has 2 aromatic rings. The van der Waals surface area contributed by atoms with E-state index in [1.807, 2.05) is 18.2 Å². The lowest BCUT2D eigenvalue weighted by atomic mass is 10.0. The van der Waals surface area contributed by atoms with Crippen molar-refractivity contribution < 1.29 is 0 Å². The fourth-order valence-corrected chi connectivity index (χ4v) is 1.65. The quantitative estimate of drug-likeness (QED) is 0.712. The summed E-state index contributed by atoms with van der Waals surface area (Å²) in [4.78, 5) is 2.12. The number of rotatable bonds is 2. The third-order valence-corrected chi connectivity index (χ3v) is 2.39. The fourth-order valence-electron chi connectivity index (χ4n) is 1.65. The van der Waals surface area contributed by atoms with Gasteiger partial charge >= 0.3 is 0 Å². The Morgan fingerprint density at radius 2 is 1.67 bits per heavy atom. The van der Waals surface area contributed by atoms with Crippen LogP contribution in [0.25, 0.3) is 11.1 Å². The highest BCUT2D eigenvalue weighted by Gasteiger charge is 2.04. The molecule has 0 saturated carbocycles. The van der Waals surface area contributed by atoms with Crippen molar-refractivity contribution in [2.24, 2.45) is 0 Å². The van der Waals surface area contributed by atoms with Gasteiger partial charge in [-0.05, 0) is 17.7 Å². The largest absolute Gasteiger partial charge is 0.377 e. The second-order valence-electron chi connectivity index (χ2n) is 3.69. The van der Waals surface area contributed by atoms with Crippen LogP contribution in [-0.4, -0.2) is 14.1 Å². The van der Waals surface area contributed by atoms with Gasteiger partial charge < -0.3 is 4.90 Å². The molecule has 2 rings (SSSR count). The van der Waals surface area contributed by atoms with Gasteiger partial charge in [-0.3, -0.25) is 0 Å². The van der Waals surface area contributed by atoms with Crippen molar-refractivity contribution in [1.29, 1.82) is 0 Å². The van der Waals surface area contributed by atoms with Gasteiger partial charge in [0.15, 0.2) is 0 Å². The van der Waals surface area contributed by atoms with E-state index in [1.54, 1.807) is 0 Å². The summed E-state index contributed by atoms with van der Waals surface area (Å²) in [5, 5.41) is 0. The van der Waals surface area contributed by atoms with Gasteiger partial charge in [0.25, 0.3) is 0 Å². The SMILES string of the molecule is CN(C)c1ccccc1-c1[c]cccc1. The molecule has 2 aromatic carbocycles. The Labute approximate surface area is 91.0 Å². The average Bonchev–Trinajstić information content (AvgIpc) is 2.30. The number of benzene rings is 2. The molecule has 15 heavy (non-hydrogen) atoms. The van der Waals surface area contributed by atoms with Crippen LogP contribution < -0.4 is 4.90 Å². The average molecular weight is 196 g/mol. The van der Waals surface area contributed by atoms with Crippen LogP contribution in [0.2, 0.25) is 0 Å². The summed E-state index contributed by atoms with van der Waals surface area (Å²) in [5.74, 6) is 0. The molecule has 0 fully saturated rings. The molecule has 0 aliphatic rings. The monoisotopic (exact) mass is 196 g/mol. The lowest BCUT2D eigenvalue weighted by molar-refractivity contribution is 1.13. The van der Waals surface area contributed by atoms with Crippen molar-refractivity contribution >= 4 is 5.69 Å². The number of para-hydroxylation sites is 1. The van der Waals surface area contributed by atoms with Crippen molar-refractivity contribution in [3.63, 3.8) is 0 Å². The second kappa shape index (κ2) is 4.18. The van der Waals surface area contributed by atoms with Crippen LogP contribution >= 0.6 is 0 Å². The zero-order chi connectivity index (χ0) is 10.7. The van der Waals surface area contributed by atoms with Gasteiger partial charge in [-0.1, -0.05) is 42.5 Å². The predicted molar refractivity (Wildman–Crippen MR) is 65.0 cm³/mol. The summed E-state index contributed by atoms with van der Waals surface area (Å²) in [6, 6.07) is 19.7. The molecule has 1 nitrogen and oxygen atoms in total. The minimum absolute atomic E-state index is 1.14. The molecule has 0 spiro atoms. The Kier molecular flexibility index (Phi) is 2.72. The molecular weight excluding hydrogens is 182 g/mol. The van der Waals surface area contributed by atoms with Crippen molar-refractivity contribution in [3.8, 4) is 11.1 Å². The zero-order valence-electron chi connectivity index (χ0n) is 9.07. The van der Waals surface area contributed by atoms with Crippen LogP contribution in [0, 0.1) is 6.07 Å². The number of anilines is 1. The molecule has 0 aliphatic heterocycles. The molecule has 0 amide bonds. The van der Waals surface area contributed by atoms with Crippen LogP contribution in [0.15, 0.2) is 48.5 Å². The smallest absolute Gasteiger partial charge is 0.0440 e. The minimum atomic E-state index is 1.14. The van der Waals surface area contributed by atoms with Crippen LogP contribution in [0.3, 0.4) is 0 Å².